The number of aromatic nitrogens is 4. The predicted octanol–water partition coefficient (Wildman–Crippen LogP) is 12.6. The first kappa shape index (κ1) is 32.6. The molecule has 254 valence electrons. The van der Waals surface area contributed by atoms with E-state index in [2.05, 4.69) is 129 Å². The van der Waals surface area contributed by atoms with Crippen LogP contribution in [0.1, 0.15) is 0 Å². The van der Waals surface area contributed by atoms with Crippen molar-refractivity contribution in [3.8, 4) is 89.5 Å². The lowest BCUT2D eigenvalue weighted by molar-refractivity contribution is 1.32. The molecule has 0 bridgehead atoms. The number of nitrogens with zero attached hydrogens (tertiary/aromatic N) is 4. The SMILES string of the molecule is c1ccc(-c2ccc(-c3cc(-c4ccc(-c5ccccn5)cc4)c(-c4ccc(-c5ccccn5)cc4)cc3-c3ccc(-c4ccccn4)cc3)cc2)nc1. The Morgan fingerprint density at radius 3 is 0.593 bits per heavy atom. The Hall–Kier alpha value is -7.30. The van der Waals surface area contributed by atoms with Crippen LogP contribution in [0, 0.1) is 0 Å². The minimum atomic E-state index is 0.951. The van der Waals surface area contributed by atoms with Gasteiger partial charge in [0.25, 0.3) is 0 Å². The standard InChI is InChI=1S/C50H34N4/c1-5-29-51-47(9-1)39-21-13-35(14-22-39)43-33-45(37-17-25-41(26-18-37)49-11-3-7-31-53-49)46(38-19-27-42(28-20-38)50-12-4-8-32-54-50)34-44(43)36-15-23-40(24-16-36)48-10-2-6-30-52-48/h1-34H. The van der Waals surface area contributed by atoms with Gasteiger partial charge in [-0.05, 0) is 105 Å². The fraction of sp³-hybridized carbons (Fsp3) is 0. The van der Waals surface area contributed by atoms with Crippen molar-refractivity contribution in [3.05, 3.63) is 207 Å². The minimum Gasteiger partial charge on any atom is -0.256 e. The lowest BCUT2D eigenvalue weighted by Crippen LogP contribution is -1.94. The average Bonchev–Trinajstić information content (AvgIpc) is 3.27. The van der Waals surface area contributed by atoms with Gasteiger partial charge in [0.1, 0.15) is 0 Å². The van der Waals surface area contributed by atoms with Crippen LogP contribution in [0.15, 0.2) is 207 Å². The zero-order chi connectivity index (χ0) is 36.1. The van der Waals surface area contributed by atoms with Gasteiger partial charge in [0.2, 0.25) is 0 Å². The van der Waals surface area contributed by atoms with Crippen LogP contribution < -0.4 is 0 Å². The van der Waals surface area contributed by atoms with Crippen molar-refractivity contribution in [2.75, 3.05) is 0 Å². The van der Waals surface area contributed by atoms with Gasteiger partial charge in [-0.25, -0.2) is 0 Å². The monoisotopic (exact) mass is 690 g/mol. The Labute approximate surface area is 315 Å². The summed E-state index contributed by atoms with van der Waals surface area (Å²) in [5.41, 5.74) is 17.2. The molecule has 54 heavy (non-hydrogen) atoms. The summed E-state index contributed by atoms with van der Waals surface area (Å²) in [5.74, 6) is 0. The highest BCUT2D eigenvalue weighted by atomic mass is 14.7. The molecule has 0 aliphatic heterocycles. The van der Waals surface area contributed by atoms with Gasteiger partial charge in [0, 0.05) is 47.0 Å². The molecule has 0 amide bonds. The average molecular weight is 691 g/mol. The smallest absolute Gasteiger partial charge is 0.0701 e. The van der Waals surface area contributed by atoms with E-state index in [9.17, 15) is 0 Å². The summed E-state index contributed by atoms with van der Waals surface area (Å²) < 4.78 is 0. The zero-order valence-corrected chi connectivity index (χ0v) is 29.4. The molecule has 0 spiro atoms. The fourth-order valence-electron chi connectivity index (χ4n) is 6.97. The zero-order valence-electron chi connectivity index (χ0n) is 29.4. The third kappa shape index (κ3) is 6.72. The van der Waals surface area contributed by atoms with Crippen molar-refractivity contribution in [1.82, 2.24) is 19.9 Å². The third-order valence-corrected chi connectivity index (χ3v) is 9.78. The van der Waals surface area contributed by atoms with Gasteiger partial charge < -0.3 is 0 Å². The quantitative estimate of drug-likeness (QED) is 0.159. The number of benzene rings is 5. The molecule has 5 aromatic carbocycles. The highest BCUT2D eigenvalue weighted by Crippen LogP contribution is 2.43. The van der Waals surface area contributed by atoms with Crippen molar-refractivity contribution in [1.29, 1.82) is 0 Å². The first-order valence-corrected chi connectivity index (χ1v) is 18.0. The molecule has 9 rings (SSSR count). The van der Waals surface area contributed by atoms with E-state index < -0.39 is 0 Å². The topological polar surface area (TPSA) is 51.6 Å². The molecule has 4 heterocycles. The second kappa shape index (κ2) is 14.7. The molecule has 0 saturated carbocycles. The van der Waals surface area contributed by atoms with E-state index in [1.165, 1.54) is 0 Å². The maximum absolute atomic E-state index is 4.59. The van der Waals surface area contributed by atoms with Gasteiger partial charge in [-0.3, -0.25) is 19.9 Å². The third-order valence-electron chi connectivity index (χ3n) is 9.78. The lowest BCUT2D eigenvalue weighted by atomic mass is 9.85. The van der Waals surface area contributed by atoms with E-state index in [4.69, 9.17) is 0 Å². The van der Waals surface area contributed by atoms with Gasteiger partial charge in [0.15, 0.2) is 0 Å². The Morgan fingerprint density at radius 2 is 0.407 bits per heavy atom. The fourth-order valence-corrected chi connectivity index (χ4v) is 6.97. The van der Waals surface area contributed by atoms with E-state index in [0.29, 0.717) is 0 Å². The second-order valence-corrected chi connectivity index (χ2v) is 13.1. The summed E-state index contributed by atoms with van der Waals surface area (Å²) in [7, 11) is 0. The number of pyridine rings is 4. The molecule has 4 heteroatoms. The van der Waals surface area contributed by atoms with Crippen LogP contribution in [-0.2, 0) is 0 Å². The minimum absolute atomic E-state index is 0.951. The number of hydrogen-bond acceptors (Lipinski definition) is 4. The van der Waals surface area contributed by atoms with Crippen LogP contribution in [-0.4, -0.2) is 19.9 Å². The van der Waals surface area contributed by atoms with Crippen LogP contribution in [0.25, 0.3) is 89.5 Å². The van der Waals surface area contributed by atoms with Crippen molar-refractivity contribution in [2.24, 2.45) is 0 Å². The van der Waals surface area contributed by atoms with E-state index in [-0.39, 0.29) is 0 Å². The van der Waals surface area contributed by atoms with E-state index in [1.807, 2.05) is 97.6 Å². The Bertz CT molecular complexity index is 2250. The summed E-state index contributed by atoms with van der Waals surface area (Å²) in [6.07, 6.45) is 7.35. The van der Waals surface area contributed by atoms with Crippen LogP contribution in [0.4, 0.5) is 0 Å². The Balaban J connectivity index is 1.23. The van der Waals surface area contributed by atoms with Crippen LogP contribution in [0.3, 0.4) is 0 Å². The molecule has 0 aliphatic rings. The van der Waals surface area contributed by atoms with Gasteiger partial charge in [-0.15, -0.1) is 0 Å². The van der Waals surface area contributed by atoms with Crippen LogP contribution in [0.2, 0.25) is 0 Å². The maximum Gasteiger partial charge on any atom is 0.0701 e. The number of hydrogen-bond donors (Lipinski definition) is 0. The summed E-state index contributed by atoms with van der Waals surface area (Å²) in [4.78, 5) is 18.4. The molecule has 4 aromatic heterocycles. The molecule has 0 unspecified atom stereocenters. The molecule has 0 atom stereocenters. The largest absolute Gasteiger partial charge is 0.256 e. The predicted molar refractivity (Wildman–Crippen MR) is 221 cm³/mol. The van der Waals surface area contributed by atoms with Crippen molar-refractivity contribution in [2.45, 2.75) is 0 Å². The van der Waals surface area contributed by atoms with E-state index in [1.54, 1.807) is 0 Å². The highest BCUT2D eigenvalue weighted by Gasteiger charge is 2.17. The van der Waals surface area contributed by atoms with Crippen molar-refractivity contribution >= 4 is 0 Å². The lowest BCUT2D eigenvalue weighted by Gasteiger charge is -2.19. The molecule has 0 saturated heterocycles. The Kier molecular flexibility index (Phi) is 8.90. The van der Waals surface area contributed by atoms with E-state index >= 15 is 0 Å². The first-order valence-electron chi connectivity index (χ1n) is 18.0. The summed E-state index contributed by atoms with van der Waals surface area (Å²) in [6.45, 7) is 0. The van der Waals surface area contributed by atoms with Gasteiger partial charge >= 0.3 is 0 Å². The van der Waals surface area contributed by atoms with Gasteiger partial charge in [-0.1, -0.05) is 121 Å². The first-order chi connectivity index (χ1) is 26.8. The molecule has 4 nitrogen and oxygen atoms in total. The second-order valence-electron chi connectivity index (χ2n) is 13.1. The van der Waals surface area contributed by atoms with Crippen LogP contribution in [0.5, 0.6) is 0 Å². The van der Waals surface area contributed by atoms with Crippen LogP contribution >= 0.6 is 0 Å². The molecule has 9 aromatic rings. The van der Waals surface area contributed by atoms with Crippen molar-refractivity contribution in [3.63, 3.8) is 0 Å². The summed E-state index contributed by atoms with van der Waals surface area (Å²) >= 11 is 0. The highest BCUT2D eigenvalue weighted by molar-refractivity contribution is 5.96. The molecule has 0 fully saturated rings. The van der Waals surface area contributed by atoms with Gasteiger partial charge in [0.05, 0.1) is 22.8 Å². The summed E-state index contributed by atoms with van der Waals surface area (Å²) in [6, 6.07) is 63.8. The maximum atomic E-state index is 4.59. The number of rotatable bonds is 8. The Morgan fingerprint density at radius 1 is 0.204 bits per heavy atom. The molecular formula is C50H34N4. The van der Waals surface area contributed by atoms with Crippen molar-refractivity contribution < 1.29 is 0 Å². The normalized spacial score (nSPS) is 11.0. The summed E-state index contributed by atoms with van der Waals surface area (Å²) in [5, 5.41) is 0. The van der Waals surface area contributed by atoms with E-state index in [0.717, 1.165) is 89.5 Å². The molecule has 0 aliphatic carbocycles. The molecule has 0 N–H and O–H groups in total. The molecule has 0 radical (unpaired) electrons. The van der Waals surface area contributed by atoms with Gasteiger partial charge in [-0.2, -0.15) is 0 Å². The molecular weight excluding hydrogens is 657 g/mol.